The molecular formula is C21H19ClN4O2. The van der Waals surface area contributed by atoms with E-state index in [1.54, 1.807) is 18.5 Å². The highest BCUT2D eigenvalue weighted by molar-refractivity contribution is 6.17. The van der Waals surface area contributed by atoms with E-state index >= 15 is 0 Å². The minimum atomic E-state index is -0.396. The monoisotopic (exact) mass is 394 g/mol. The molecule has 0 spiro atoms. The Hall–Kier alpha value is -3.12. The van der Waals surface area contributed by atoms with E-state index in [1.807, 2.05) is 30.5 Å². The normalized spacial score (nSPS) is 12.7. The molecule has 0 saturated heterocycles. The summed E-state index contributed by atoms with van der Waals surface area (Å²) in [6, 6.07) is 11.7. The van der Waals surface area contributed by atoms with Crippen LogP contribution in [-0.4, -0.2) is 28.5 Å². The van der Waals surface area contributed by atoms with Crippen LogP contribution >= 0.6 is 11.6 Å². The van der Waals surface area contributed by atoms with Crippen LogP contribution in [0.2, 0.25) is 0 Å². The Morgan fingerprint density at radius 2 is 2.11 bits per heavy atom. The number of benzene rings is 1. The molecule has 0 radical (unpaired) electrons. The van der Waals surface area contributed by atoms with Crippen molar-refractivity contribution in [1.82, 2.24) is 9.97 Å². The first-order valence-electron chi connectivity index (χ1n) is 8.92. The third-order valence-corrected chi connectivity index (χ3v) is 4.89. The number of alkyl halides is 1. The van der Waals surface area contributed by atoms with E-state index in [0.717, 1.165) is 41.2 Å². The number of carbonyl (C=O) groups excluding carboxylic acids is 1. The molecule has 4 rings (SSSR count). The van der Waals surface area contributed by atoms with E-state index in [-0.39, 0.29) is 6.07 Å². The van der Waals surface area contributed by atoms with Gasteiger partial charge in [-0.2, -0.15) is 0 Å². The molecule has 1 amide bonds. The van der Waals surface area contributed by atoms with Gasteiger partial charge in [-0.05, 0) is 59.9 Å². The number of nitrogens with zero attached hydrogens (tertiary/aromatic N) is 3. The van der Waals surface area contributed by atoms with Crippen molar-refractivity contribution in [2.75, 3.05) is 17.5 Å². The average Bonchev–Trinajstić information content (AvgIpc) is 3.13. The van der Waals surface area contributed by atoms with Crippen LogP contribution < -0.4 is 15.4 Å². The Bertz CT molecular complexity index is 1020. The molecule has 0 aliphatic carbocycles. The van der Waals surface area contributed by atoms with Gasteiger partial charge in [0.05, 0.1) is 6.20 Å². The Labute approximate surface area is 167 Å². The predicted molar refractivity (Wildman–Crippen MR) is 108 cm³/mol. The van der Waals surface area contributed by atoms with Crippen molar-refractivity contribution >= 4 is 29.0 Å². The van der Waals surface area contributed by atoms with Gasteiger partial charge in [-0.15, -0.1) is 0 Å². The topological polar surface area (TPSA) is 81.3 Å². The number of amides is 1. The average molecular weight is 395 g/mol. The van der Waals surface area contributed by atoms with Gasteiger partial charge in [0.25, 0.3) is 0 Å². The highest BCUT2D eigenvalue weighted by Gasteiger charge is 2.25. The van der Waals surface area contributed by atoms with Crippen LogP contribution in [0, 0.1) is 0 Å². The fourth-order valence-corrected chi connectivity index (χ4v) is 3.69. The molecule has 1 aliphatic rings. The van der Waals surface area contributed by atoms with Gasteiger partial charge < -0.3 is 15.4 Å². The largest absolute Gasteiger partial charge is 0.476 e. The second kappa shape index (κ2) is 7.86. The zero-order valence-corrected chi connectivity index (χ0v) is 15.9. The molecule has 0 fully saturated rings. The third-order valence-electron chi connectivity index (χ3n) is 4.78. The maximum Gasteiger partial charge on any atom is 0.249 e. The van der Waals surface area contributed by atoms with E-state index in [4.69, 9.17) is 22.1 Å². The number of pyridine rings is 2. The Morgan fingerprint density at radius 3 is 2.93 bits per heavy atom. The molecule has 0 saturated carbocycles. The van der Waals surface area contributed by atoms with Crippen molar-refractivity contribution in [3.8, 4) is 5.75 Å². The van der Waals surface area contributed by atoms with E-state index in [1.165, 1.54) is 0 Å². The smallest absolute Gasteiger partial charge is 0.249 e. The zero-order chi connectivity index (χ0) is 19.5. The Balaban J connectivity index is 1.60. The van der Waals surface area contributed by atoms with Gasteiger partial charge in [0.15, 0.2) is 6.07 Å². The van der Waals surface area contributed by atoms with Crippen LogP contribution in [-0.2, 0) is 12.8 Å². The standard InChI is InChI=1S/C21H19ClN4O2/c22-13-28-16-9-15(11-24-12-16)8-14-4-6-25-20(10-14)26-7-5-17-18(21(23)27)2-1-3-19(17)26/h1-4,6,9-12H,5,7-8,13H2,(H2,23,27). The van der Waals surface area contributed by atoms with Crippen LogP contribution in [0.15, 0.2) is 55.0 Å². The van der Waals surface area contributed by atoms with Crippen LogP contribution in [0.3, 0.4) is 0 Å². The predicted octanol–water partition coefficient (Wildman–Crippen LogP) is 3.44. The number of hydrogen-bond donors (Lipinski definition) is 1. The quantitative estimate of drug-likeness (QED) is 0.648. The van der Waals surface area contributed by atoms with Crippen molar-refractivity contribution in [3.63, 3.8) is 0 Å². The van der Waals surface area contributed by atoms with Crippen molar-refractivity contribution in [3.05, 3.63) is 77.2 Å². The van der Waals surface area contributed by atoms with Crippen molar-refractivity contribution in [2.24, 2.45) is 5.73 Å². The number of ether oxygens (including phenoxy) is 1. The molecule has 1 aliphatic heterocycles. The lowest BCUT2D eigenvalue weighted by molar-refractivity contribution is 0.0999. The van der Waals surface area contributed by atoms with Gasteiger partial charge in [0, 0.05) is 30.2 Å². The molecule has 0 atom stereocenters. The lowest BCUT2D eigenvalue weighted by atomic mass is 10.0. The molecule has 6 nitrogen and oxygen atoms in total. The summed E-state index contributed by atoms with van der Waals surface area (Å²) in [5.41, 5.74) is 10.2. The fourth-order valence-electron chi connectivity index (χ4n) is 3.56. The lowest BCUT2D eigenvalue weighted by Gasteiger charge is -2.19. The number of rotatable bonds is 6. The van der Waals surface area contributed by atoms with Gasteiger partial charge in [0.2, 0.25) is 5.91 Å². The van der Waals surface area contributed by atoms with Crippen LogP contribution in [0.4, 0.5) is 11.5 Å². The van der Waals surface area contributed by atoms with Crippen molar-refractivity contribution < 1.29 is 9.53 Å². The summed E-state index contributed by atoms with van der Waals surface area (Å²) in [6.45, 7) is 0.761. The van der Waals surface area contributed by atoms with Gasteiger partial charge >= 0.3 is 0 Å². The number of aromatic nitrogens is 2. The summed E-state index contributed by atoms with van der Waals surface area (Å²) in [5, 5.41) is 0. The highest BCUT2D eigenvalue weighted by Crippen LogP contribution is 2.35. The minimum Gasteiger partial charge on any atom is -0.476 e. The third kappa shape index (κ3) is 3.64. The summed E-state index contributed by atoms with van der Waals surface area (Å²) in [5.74, 6) is 1.10. The molecule has 142 valence electrons. The molecule has 3 heterocycles. The summed E-state index contributed by atoms with van der Waals surface area (Å²) >= 11 is 5.62. The van der Waals surface area contributed by atoms with Gasteiger partial charge in [-0.25, -0.2) is 4.98 Å². The molecule has 0 bridgehead atoms. The first-order chi connectivity index (χ1) is 13.7. The molecule has 2 aromatic heterocycles. The Morgan fingerprint density at radius 1 is 1.21 bits per heavy atom. The fraction of sp³-hybridized carbons (Fsp3) is 0.190. The number of primary amides is 1. The van der Waals surface area contributed by atoms with Crippen LogP contribution in [0.25, 0.3) is 0 Å². The molecule has 0 unspecified atom stereocenters. The maximum absolute atomic E-state index is 11.7. The van der Waals surface area contributed by atoms with Crippen molar-refractivity contribution in [2.45, 2.75) is 12.8 Å². The molecule has 3 aromatic rings. The highest BCUT2D eigenvalue weighted by atomic mass is 35.5. The van der Waals surface area contributed by atoms with Gasteiger partial charge in [-0.1, -0.05) is 17.7 Å². The molecular weight excluding hydrogens is 376 g/mol. The second-order valence-electron chi connectivity index (χ2n) is 6.55. The molecule has 2 N–H and O–H groups in total. The van der Waals surface area contributed by atoms with Crippen molar-refractivity contribution in [1.29, 1.82) is 0 Å². The second-order valence-corrected chi connectivity index (χ2v) is 6.77. The summed E-state index contributed by atoms with van der Waals surface area (Å²) in [6.07, 6.45) is 6.71. The Kier molecular flexibility index (Phi) is 5.12. The maximum atomic E-state index is 11.7. The SMILES string of the molecule is NC(=O)c1cccc2c1CCN2c1cc(Cc2cncc(OCCl)c2)ccn1. The lowest BCUT2D eigenvalue weighted by Crippen LogP contribution is -2.15. The number of fused-ring (bicyclic) bond motifs is 1. The number of halogens is 1. The molecule has 1 aromatic carbocycles. The van der Waals surface area contributed by atoms with Crippen LogP contribution in [0.5, 0.6) is 5.75 Å². The summed E-state index contributed by atoms with van der Waals surface area (Å²) in [4.78, 5) is 22.6. The van der Waals surface area contributed by atoms with Gasteiger partial charge in [0.1, 0.15) is 11.6 Å². The minimum absolute atomic E-state index is 0.0895. The molecule has 7 heteroatoms. The first kappa shape index (κ1) is 18.3. The van der Waals surface area contributed by atoms with E-state index in [9.17, 15) is 4.79 Å². The van der Waals surface area contributed by atoms with E-state index in [2.05, 4.69) is 20.9 Å². The number of hydrogen-bond acceptors (Lipinski definition) is 5. The zero-order valence-electron chi connectivity index (χ0n) is 15.1. The summed E-state index contributed by atoms with van der Waals surface area (Å²) < 4.78 is 5.30. The number of carbonyl (C=O) groups is 1. The number of nitrogens with two attached hydrogens (primary N) is 1. The molecule has 28 heavy (non-hydrogen) atoms. The number of anilines is 2. The first-order valence-corrected chi connectivity index (χ1v) is 9.46. The van der Waals surface area contributed by atoms with Gasteiger partial charge in [-0.3, -0.25) is 9.78 Å². The van der Waals surface area contributed by atoms with E-state index in [0.29, 0.717) is 17.7 Å². The van der Waals surface area contributed by atoms with Crippen LogP contribution in [0.1, 0.15) is 27.0 Å². The van der Waals surface area contributed by atoms with E-state index < -0.39 is 5.91 Å². The summed E-state index contributed by atoms with van der Waals surface area (Å²) in [7, 11) is 0.